The van der Waals surface area contributed by atoms with Crippen LogP contribution < -0.4 is 0 Å². The zero-order chi connectivity index (χ0) is 22.1. The Morgan fingerprint density at radius 1 is 1.10 bits per heavy atom. The summed E-state index contributed by atoms with van der Waals surface area (Å²) in [4.78, 5) is 28.6. The van der Waals surface area contributed by atoms with Crippen molar-refractivity contribution in [1.82, 2.24) is 14.4 Å². The van der Waals surface area contributed by atoms with Gasteiger partial charge in [-0.2, -0.15) is 0 Å². The minimum Gasteiger partial charge on any atom is -0.345 e. The summed E-state index contributed by atoms with van der Waals surface area (Å²) in [6.45, 7) is 10.4. The summed E-state index contributed by atoms with van der Waals surface area (Å²) in [5.41, 5.74) is 2.09. The highest BCUT2D eigenvalue weighted by Gasteiger charge is 2.21. The van der Waals surface area contributed by atoms with Gasteiger partial charge >= 0.3 is 0 Å². The zero-order valence-corrected chi connectivity index (χ0v) is 19.4. The number of carbonyl (C=O) groups is 2. The minimum absolute atomic E-state index is 0.0134. The first kappa shape index (κ1) is 24.0. The SMILES string of the molecule is CCCCN(CC(=O)N(Cc1cccn1Cc1ccccc1Cl)CC(C)C)C(C)=O. The molecule has 0 bridgehead atoms. The molecule has 1 aromatic carbocycles. The molecule has 164 valence electrons. The maximum Gasteiger partial charge on any atom is 0.242 e. The van der Waals surface area contributed by atoms with E-state index in [0.717, 1.165) is 29.1 Å². The molecule has 2 rings (SSSR count). The number of halogens is 1. The fraction of sp³-hybridized carbons (Fsp3) is 0.500. The maximum absolute atomic E-state index is 13.1. The molecule has 1 heterocycles. The van der Waals surface area contributed by atoms with Crippen LogP contribution >= 0.6 is 11.6 Å². The quantitative estimate of drug-likeness (QED) is 0.511. The van der Waals surface area contributed by atoms with Crippen LogP contribution in [0.3, 0.4) is 0 Å². The number of rotatable bonds is 11. The van der Waals surface area contributed by atoms with Crippen molar-refractivity contribution in [3.05, 3.63) is 58.9 Å². The third-order valence-electron chi connectivity index (χ3n) is 5.07. The molecule has 0 saturated carbocycles. The first-order valence-corrected chi connectivity index (χ1v) is 11.1. The molecule has 0 fully saturated rings. The van der Waals surface area contributed by atoms with Crippen LogP contribution in [0.15, 0.2) is 42.6 Å². The van der Waals surface area contributed by atoms with E-state index in [-0.39, 0.29) is 18.4 Å². The predicted molar refractivity (Wildman–Crippen MR) is 122 cm³/mol. The number of nitrogens with zero attached hydrogens (tertiary/aromatic N) is 3. The standard InChI is InChI=1S/C24H34ClN3O2/c1-5-6-13-26(20(4)29)18-24(30)28(15-19(2)3)17-22-11-9-14-27(22)16-21-10-7-8-12-23(21)25/h7-12,14,19H,5-6,13,15-18H2,1-4H3. The van der Waals surface area contributed by atoms with Gasteiger partial charge in [-0.05, 0) is 36.1 Å². The van der Waals surface area contributed by atoms with Crippen molar-refractivity contribution in [1.29, 1.82) is 0 Å². The first-order valence-electron chi connectivity index (χ1n) is 10.7. The molecule has 6 heteroatoms. The van der Waals surface area contributed by atoms with E-state index in [1.807, 2.05) is 47.5 Å². The Hall–Kier alpha value is -2.27. The molecule has 0 aliphatic rings. The summed E-state index contributed by atoms with van der Waals surface area (Å²) in [5, 5.41) is 0.736. The molecule has 0 aliphatic carbocycles. The lowest BCUT2D eigenvalue weighted by molar-refractivity contribution is -0.140. The van der Waals surface area contributed by atoms with Crippen molar-refractivity contribution in [3.8, 4) is 0 Å². The van der Waals surface area contributed by atoms with Crippen molar-refractivity contribution in [2.24, 2.45) is 5.92 Å². The first-order chi connectivity index (χ1) is 14.3. The fourth-order valence-electron chi connectivity index (χ4n) is 3.41. The highest BCUT2D eigenvalue weighted by Crippen LogP contribution is 2.18. The molecule has 0 N–H and O–H groups in total. The molecular weight excluding hydrogens is 398 g/mol. The van der Waals surface area contributed by atoms with Gasteiger partial charge in [0.2, 0.25) is 11.8 Å². The Balaban J connectivity index is 2.15. The average Bonchev–Trinajstić information content (AvgIpc) is 3.12. The van der Waals surface area contributed by atoms with Gasteiger partial charge < -0.3 is 14.4 Å². The van der Waals surface area contributed by atoms with Gasteiger partial charge in [-0.1, -0.05) is 57.0 Å². The maximum atomic E-state index is 13.1. The largest absolute Gasteiger partial charge is 0.345 e. The van der Waals surface area contributed by atoms with E-state index >= 15 is 0 Å². The van der Waals surface area contributed by atoms with E-state index in [9.17, 15) is 9.59 Å². The van der Waals surface area contributed by atoms with Gasteiger partial charge in [-0.25, -0.2) is 0 Å². The second kappa shape index (κ2) is 11.8. The van der Waals surface area contributed by atoms with Gasteiger partial charge in [-0.15, -0.1) is 0 Å². The number of hydrogen-bond donors (Lipinski definition) is 0. The molecule has 0 atom stereocenters. The van der Waals surface area contributed by atoms with Gasteiger partial charge in [0, 0.05) is 43.5 Å². The summed E-state index contributed by atoms with van der Waals surface area (Å²) in [6, 6.07) is 11.8. The van der Waals surface area contributed by atoms with Crippen molar-refractivity contribution >= 4 is 23.4 Å². The minimum atomic E-state index is -0.0524. The van der Waals surface area contributed by atoms with Gasteiger partial charge in [0.15, 0.2) is 0 Å². The van der Waals surface area contributed by atoms with Gasteiger partial charge in [-0.3, -0.25) is 9.59 Å². The van der Waals surface area contributed by atoms with Crippen molar-refractivity contribution in [2.75, 3.05) is 19.6 Å². The van der Waals surface area contributed by atoms with E-state index in [0.29, 0.717) is 32.1 Å². The average molecular weight is 432 g/mol. The Morgan fingerprint density at radius 2 is 1.83 bits per heavy atom. The lowest BCUT2D eigenvalue weighted by atomic mass is 10.2. The number of unbranched alkanes of at least 4 members (excludes halogenated alkanes) is 1. The monoisotopic (exact) mass is 431 g/mol. The van der Waals surface area contributed by atoms with Gasteiger partial charge in [0.05, 0.1) is 13.1 Å². The molecule has 0 spiro atoms. The Bertz CT molecular complexity index is 831. The molecule has 0 unspecified atom stereocenters. The Labute approximate surface area is 185 Å². The molecule has 5 nitrogen and oxygen atoms in total. The topological polar surface area (TPSA) is 45.6 Å². The third-order valence-corrected chi connectivity index (χ3v) is 5.43. The molecule has 1 aromatic heterocycles. The highest BCUT2D eigenvalue weighted by molar-refractivity contribution is 6.31. The van der Waals surface area contributed by atoms with Crippen molar-refractivity contribution < 1.29 is 9.59 Å². The van der Waals surface area contributed by atoms with E-state index in [1.54, 1.807) is 4.90 Å². The molecular formula is C24H34ClN3O2. The molecule has 30 heavy (non-hydrogen) atoms. The molecule has 2 amide bonds. The molecule has 0 radical (unpaired) electrons. The van der Waals surface area contributed by atoms with E-state index in [1.165, 1.54) is 6.92 Å². The summed E-state index contributed by atoms with van der Waals surface area (Å²) in [6.07, 6.45) is 3.90. The highest BCUT2D eigenvalue weighted by atomic mass is 35.5. The Kier molecular flexibility index (Phi) is 9.44. The van der Waals surface area contributed by atoms with Crippen LogP contribution in [0.25, 0.3) is 0 Å². The van der Waals surface area contributed by atoms with E-state index in [2.05, 4.69) is 25.3 Å². The van der Waals surface area contributed by atoms with Crippen LogP contribution in [0.2, 0.25) is 5.02 Å². The number of carbonyl (C=O) groups excluding carboxylic acids is 2. The van der Waals surface area contributed by atoms with Crippen molar-refractivity contribution in [2.45, 2.75) is 53.6 Å². The lowest BCUT2D eigenvalue weighted by Gasteiger charge is -2.29. The Morgan fingerprint density at radius 3 is 2.47 bits per heavy atom. The van der Waals surface area contributed by atoms with Crippen LogP contribution in [0.5, 0.6) is 0 Å². The summed E-state index contributed by atoms with van der Waals surface area (Å²) < 4.78 is 2.13. The van der Waals surface area contributed by atoms with Crippen LogP contribution in [0, 0.1) is 5.92 Å². The number of amides is 2. The van der Waals surface area contributed by atoms with Gasteiger partial charge in [0.1, 0.15) is 0 Å². The van der Waals surface area contributed by atoms with Crippen LogP contribution in [0.4, 0.5) is 0 Å². The summed E-state index contributed by atoms with van der Waals surface area (Å²) in [5.74, 6) is 0.270. The second-order valence-electron chi connectivity index (χ2n) is 8.18. The summed E-state index contributed by atoms with van der Waals surface area (Å²) in [7, 11) is 0. The van der Waals surface area contributed by atoms with Gasteiger partial charge in [0.25, 0.3) is 0 Å². The molecule has 2 aromatic rings. The number of aromatic nitrogens is 1. The lowest BCUT2D eigenvalue weighted by Crippen LogP contribution is -2.43. The van der Waals surface area contributed by atoms with E-state index < -0.39 is 0 Å². The van der Waals surface area contributed by atoms with Crippen LogP contribution in [-0.2, 0) is 22.7 Å². The third kappa shape index (κ3) is 7.21. The smallest absolute Gasteiger partial charge is 0.242 e. The van der Waals surface area contributed by atoms with Crippen molar-refractivity contribution in [3.63, 3.8) is 0 Å². The second-order valence-corrected chi connectivity index (χ2v) is 8.59. The molecule has 0 aliphatic heterocycles. The fourth-order valence-corrected chi connectivity index (χ4v) is 3.60. The molecule has 0 saturated heterocycles. The van der Waals surface area contributed by atoms with Crippen LogP contribution in [-0.4, -0.2) is 45.8 Å². The summed E-state index contributed by atoms with van der Waals surface area (Å²) >= 11 is 6.33. The normalized spacial score (nSPS) is 11.0. The number of hydrogen-bond acceptors (Lipinski definition) is 2. The number of benzene rings is 1. The van der Waals surface area contributed by atoms with E-state index in [4.69, 9.17) is 11.6 Å². The predicted octanol–water partition coefficient (Wildman–Crippen LogP) is 4.82. The van der Waals surface area contributed by atoms with Crippen LogP contribution in [0.1, 0.15) is 51.8 Å². The zero-order valence-electron chi connectivity index (χ0n) is 18.6.